The molecular weight excluding hydrogens is 476 g/mol. The quantitative estimate of drug-likeness (QED) is 0.556. The van der Waals surface area contributed by atoms with E-state index in [-0.39, 0.29) is 22.6 Å². The fourth-order valence-corrected chi connectivity index (χ4v) is 3.86. The summed E-state index contributed by atoms with van der Waals surface area (Å²) in [5.74, 6) is -3.27. The van der Waals surface area contributed by atoms with E-state index in [0.717, 1.165) is 5.56 Å². The summed E-state index contributed by atoms with van der Waals surface area (Å²) in [7, 11) is -3.97. The molecular formula is C22H16ClF2N3O4S. The van der Waals surface area contributed by atoms with Crippen LogP contribution in [0, 0.1) is 36.8 Å². The Morgan fingerprint density at radius 2 is 1.85 bits per heavy atom. The number of nitrogens with one attached hydrogen (secondary N) is 1. The molecule has 0 saturated heterocycles. The van der Waals surface area contributed by atoms with Crippen LogP contribution in [0.3, 0.4) is 0 Å². The monoisotopic (exact) mass is 491 g/mol. The van der Waals surface area contributed by atoms with E-state index in [1.54, 1.807) is 17.7 Å². The molecule has 1 N–H and O–H groups in total. The maximum atomic E-state index is 14.7. The van der Waals surface area contributed by atoms with Crippen LogP contribution in [0.4, 0.5) is 8.78 Å². The first-order chi connectivity index (χ1) is 15.4. The lowest BCUT2D eigenvalue weighted by Gasteiger charge is -2.13. The molecule has 0 bridgehead atoms. The van der Waals surface area contributed by atoms with Crippen LogP contribution in [-0.4, -0.2) is 25.6 Å². The fourth-order valence-electron chi connectivity index (χ4n) is 3.05. The summed E-state index contributed by atoms with van der Waals surface area (Å²) in [5, 5.41) is 9.84. The van der Waals surface area contributed by atoms with Gasteiger partial charge < -0.3 is 4.74 Å². The van der Waals surface area contributed by atoms with Crippen molar-refractivity contribution in [2.75, 3.05) is 6.26 Å². The van der Waals surface area contributed by atoms with Gasteiger partial charge in [0.1, 0.15) is 23.3 Å². The second-order valence-corrected chi connectivity index (χ2v) is 9.35. The summed E-state index contributed by atoms with van der Waals surface area (Å²) < 4.78 is 58.8. The molecule has 170 valence electrons. The second kappa shape index (κ2) is 9.13. The largest absolute Gasteiger partial charge is 0.436 e. The van der Waals surface area contributed by atoms with Crippen molar-refractivity contribution >= 4 is 27.5 Å². The van der Waals surface area contributed by atoms with Gasteiger partial charge in [0.25, 0.3) is 5.91 Å². The lowest BCUT2D eigenvalue weighted by Crippen LogP contribution is -2.30. The smallest absolute Gasteiger partial charge is 0.267 e. The number of carbonyl (C=O) groups excluding carboxylic acids is 1. The Bertz CT molecular complexity index is 1410. The summed E-state index contributed by atoms with van der Waals surface area (Å²) in [4.78, 5) is 15.9. The number of rotatable bonds is 5. The first kappa shape index (κ1) is 24.1. The van der Waals surface area contributed by atoms with Gasteiger partial charge in [-0.15, -0.1) is 0 Å². The van der Waals surface area contributed by atoms with Gasteiger partial charge in [-0.2, -0.15) is 5.26 Å². The second-order valence-electron chi connectivity index (χ2n) is 7.20. The minimum Gasteiger partial charge on any atom is -0.436 e. The molecule has 0 fully saturated rings. The van der Waals surface area contributed by atoms with Gasteiger partial charge >= 0.3 is 0 Å². The predicted octanol–water partition coefficient (Wildman–Crippen LogP) is 4.65. The Kier molecular flexibility index (Phi) is 6.67. The number of benzene rings is 2. The molecule has 0 aliphatic carbocycles. The molecule has 2 aromatic carbocycles. The molecule has 0 saturated carbocycles. The first-order valence-corrected chi connectivity index (χ1v) is 11.5. The number of sulfonamides is 1. The molecule has 11 heteroatoms. The minimum absolute atomic E-state index is 0.0390. The van der Waals surface area contributed by atoms with Crippen molar-refractivity contribution in [2.45, 2.75) is 13.8 Å². The van der Waals surface area contributed by atoms with E-state index in [1.807, 2.05) is 19.1 Å². The van der Waals surface area contributed by atoms with Gasteiger partial charge in [0.15, 0.2) is 5.75 Å². The third-order valence-corrected chi connectivity index (χ3v) is 5.27. The summed E-state index contributed by atoms with van der Waals surface area (Å²) >= 11 is 6.23. The molecule has 1 aromatic heterocycles. The van der Waals surface area contributed by atoms with Crippen molar-refractivity contribution in [3.63, 3.8) is 0 Å². The Labute approximate surface area is 193 Å². The van der Waals surface area contributed by atoms with E-state index in [4.69, 9.17) is 16.3 Å². The Morgan fingerprint density at radius 3 is 2.45 bits per heavy atom. The highest BCUT2D eigenvalue weighted by Crippen LogP contribution is 2.35. The number of hydrogen-bond acceptors (Lipinski definition) is 6. The number of hydrogen-bond donors (Lipinski definition) is 1. The lowest BCUT2D eigenvalue weighted by atomic mass is 10.0. The zero-order valence-electron chi connectivity index (χ0n) is 17.5. The fraction of sp³-hybridized carbons (Fsp3) is 0.136. The number of halogens is 3. The normalized spacial score (nSPS) is 11.1. The van der Waals surface area contributed by atoms with Crippen LogP contribution in [0.2, 0.25) is 5.02 Å². The highest BCUT2D eigenvalue weighted by atomic mass is 35.5. The van der Waals surface area contributed by atoms with Gasteiger partial charge in [-0.25, -0.2) is 26.9 Å². The van der Waals surface area contributed by atoms with Crippen molar-refractivity contribution in [3.05, 3.63) is 75.4 Å². The molecule has 7 nitrogen and oxygen atoms in total. The van der Waals surface area contributed by atoms with Crippen LogP contribution in [0.1, 0.15) is 27.0 Å². The average molecular weight is 492 g/mol. The van der Waals surface area contributed by atoms with E-state index < -0.39 is 33.1 Å². The van der Waals surface area contributed by atoms with E-state index in [0.29, 0.717) is 34.7 Å². The number of amides is 1. The van der Waals surface area contributed by atoms with Crippen molar-refractivity contribution in [1.82, 2.24) is 9.71 Å². The summed E-state index contributed by atoms with van der Waals surface area (Å²) in [5.41, 5.74) is 0.521. The number of ether oxygens (including phenoxy) is 1. The molecule has 3 rings (SSSR count). The third kappa shape index (κ3) is 5.45. The van der Waals surface area contributed by atoms with Crippen LogP contribution < -0.4 is 9.46 Å². The molecule has 0 aliphatic rings. The highest BCUT2D eigenvalue weighted by molar-refractivity contribution is 7.89. The Morgan fingerprint density at radius 1 is 1.15 bits per heavy atom. The minimum atomic E-state index is -3.97. The van der Waals surface area contributed by atoms with Crippen LogP contribution in [0.15, 0.2) is 36.5 Å². The predicted molar refractivity (Wildman–Crippen MR) is 118 cm³/mol. The van der Waals surface area contributed by atoms with Gasteiger partial charge in [0.2, 0.25) is 15.9 Å². The number of nitrogens with zero attached hydrogens (tertiary/aromatic N) is 2. The van der Waals surface area contributed by atoms with Crippen LogP contribution >= 0.6 is 11.6 Å². The molecule has 1 heterocycles. The molecule has 0 spiro atoms. The van der Waals surface area contributed by atoms with Crippen molar-refractivity contribution in [1.29, 1.82) is 5.26 Å². The zero-order valence-corrected chi connectivity index (χ0v) is 19.1. The Hall–Kier alpha value is -3.55. The maximum Gasteiger partial charge on any atom is 0.267 e. The van der Waals surface area contributed by atoms with Gasteiger partial charge in [0.05, 0.1) is 16.8 Å². The summed E-state index contributed by atoms with van der Waals surface area (Å²) in [6, 6.07) is 7.93. The van der Waals surface area contributed by atoms with Crippen molar-refractivity contribution < 1.29 is 26.7 Å². The highest BCUT2D eigenvalue weighted by Gasteiger charge is 2.21. The zero-order chi connectivity index (χ0) is 24.5. The van der Waals surface area contributed by atoms with Crippen LogP contribution in [0.25, 0.3) is 11.1 Å². The molecule has 0 unspecified atom stereocenters. The van der Waals surface area contributed by atoms with Crippen LogP contribution in [0.5, 0.6) is 11.6 Å². The molecule has 0 atom stereocenters. The third-order valence-electron chi connectivity index (χ3n) is 4.43. The average Bonchev–Trinajstić information content (AvgIpc) is 2.70. The Balaban J connectivity index is 2.00. The summed E-state index contributed by atoms with van der Waals surface area (Å²) in [6.07, 6.45) is 1.87. The van der Waals surface area contributed by atoms with E-state index in [9.17, 15) is 27.3 Å². The topological polar surface area (TPSA) is 109 Å². The number of aromatic nitrogens is 1. The molecule has 0 radical (unpaired) electrons. The van der Waals surface area contributed by atoms with Crippen molar-refractivity contribution in [3.8, 4) is 28.8 Å². The molecule has 1 amide bonds. The van der Waals surface area contributed by atoms with Crippen molar-refractivity contribution in [2.24, 2.45) is 0 Å². The van der Waals surface area contributed by atoms with Gasteiger partial charge in [0, 0.05) is 17.3 Å². The molecule has 3 aromatic rings. The number of aryl methyl sites for hydroxylation is 2. The van der Waals surface area contributed by atoms with Crippen LogP contribution in [-0.2, 0) is 10.0 Å². The SMILES string of the molecule is Cc1cc(C)c(Oc2ncc(-c3cc(F)c(C(=O)NS(C)(=O)=O)cc3F)cc2C#N)c(Cl)c1. The standard InChI is InChI=1S/C22H16ClF2N3O4S/c1-11-4-12(2)20(17(23)5-11)32-22-13(9-26)6-14(10-27-22)15-7-19(25)16(8-18(15)24)21(29)28-33(3,30)31/h4-8,10H,1-3H3,(H,28,29). The number of nitriles is 1. The van der Waals surface area contributed by atoms with Gasteiger partial charge in [-0.3, -0.25) is 4.79 Å². The van der Waals surface area contributed by atoms with Gasteiger partial charge in [-0.05, 0) is 49.2 Å². The van der Waals surface area contributed by atoms with Gasteiger partial charge in [-0.1, -0.05) is 17.7 Å². The number of pyridine rings is 1. The maximum absolute atomic E-state index is 14.7. The molecule has 33 heavy (non-hydrogen) atoms. The first-order valence-electron chi connectivity index (χ1n) is 9.26. The van der Waals surface area contributed by atoms with E-state index >= 15 is 0 Å². The van der Waals surface area contributed by atoms with E-state index in [1.165, 1.54) is 12.3 Å². The number of carbonyl (C=O) groups is 1. The summed E-state index contributed by atoms with van der Waals surface area (Å²) in [6.45, 7) is 3.63. The van der Waals surface area contributed by atoms with E-state index in [2.05, 4.69) is 4.98 Å². The lowest BCUT2D eigenvalue weighted by molar-refractivity contribution is 0.0977. The molecule has 0 aliphatic heterocycles.